The summed E-state index contributed by atoms with van der Waals surface area (Å²) in [7, 11) is 0. The Balaban J connectivity index is 0.000000216. The van der Waals surface area contributed by atoms with Crippen molar-refractivity contribution in [3.05, 3.63) is 136 Å². The van der Waals surface area contributed by atoms with Crippen LogP contribution in [0.5, 0.6) is 0 Å². The maximum absolute atomic E-state index is 3.85. The fraction of sp³-hybridized carbons (Fsp3) is 0.404. The van der Waals surface area contributed by atoms with Crippen LogP contribution in [0.3, 0.4) is 0 Å². The Morgan fingerprint density at radius 2 is 1.27 bits per heavy atom. The normalized spacial score (nSPS) is 16.6. The van der Waals surface area contributed by atoms with E-state index in [4.69, 9.17) is 0 Å². The van der Waals surface area contributed by atoms with Gasteiger partial charge in [0.1, 0.15) is 0 Å². The first kappa shape index (κ1) is 36.5. The monoisotopic (exact) mass is 710 g/mol. The van der Waals surface area contributed by atoms with Gasteiger partial charge in [-0.25, -0.2) is 11.6 Å². The molecule has 7 rings (SSSR count). The van der Waals surface area contributed by atoms with Crippen molar-refractivity contribution in [2.75, 3.05) is 0 Å². The molecule has 4 aromatic carbocycles. The molecule has 3 aliphatic rings. The van der Waals surface area contributed by atoms with Gasteiger partial charge in [0, 0.05) is 5.41 Å². The van der Waals surface area contributed by atoms with Crippen molar-refractivity contribution in [2.24, 2.45) is 10.8 Å². The topological polar surface area (TPSA) is 0 Å². The van der Waals surface area contributed by atoms with Gasteiger partial charge in [0.25, 0.3) is 0 Å². The third-order valence-corrected chi connectivity index (χ3v) is 10.9. The average molecular weight is 712 g/mol. The van der Waals surface area contributed by atoms with E-state index in [1.807, 2.05) is 6.07 Å². The second kappa shape index (κ2) is 12.8. The summed E-state index contributed by atoms with van der Waals surface area (Å²) in [6.07, 6.45) is 7.41. The number of benzene rings is 3. The van der Waals surface area contributed by atoms with Crippen LogP contribution in [0.1, 0.15) is 135 Å². The first-order chi connectivity index (χ1) is 22.1. The molecule has 0 bridgehead atoms. The van der Waals surface area contributed by atoms with E-state index in [0.29, 0.717) is 5.41 Å². The minimum absolute atomic E-state index is 0.0202. The number of rotatable bonds is 1. The zero-order chi connectivity index (χ0) is 35.4. The molecule has 0 amide bonds. The zero-order valence-corrected chi connectivity index (χ0v) is 34.3. The number of fused-ring (bicyclic) bond motifs is 5. The van der Waals surface area contributed by atoms with Crippen LogP contribution in [0, 0.1) is 16.9 Å². The molecule has 0 spiro atoms. The van der Waals surface area contributed by atoms with Crippen LogP contribution in [-0.2, 0) is 46.9 Å². The third kappa shape index (κ3) is 7.38. The van der Waals surface area contributed by atoms with Gasteiger partial charge in [-0.15, -0.1) is 11.6 Å². The molecule has 0 N–H and O–H groups in total. The maximum atomic E-state index is 3.85. The fourth-order valence-corrected chi connectivity index (χ4v) is 7.84. The Kier molecular flexibility index (Phi) is 9.78. The van der Waals surface area contributed by atoms with Crippen molar-refractivity contribution in [3.63, 3.8) is 0 Å². The van der Waals surface area contributed by atoms with E-state index in [9.17, 15) is 0 Å². The van der Waals surface area contributed by atoms with Gasteiger partial charge in [0.2, 0.25) is 0 Å². The van der Waals surface area contributed by atoms with Crippen LogP contribution in [0.25, 0.3) is 22.3 Å². The van der Waals surface area contributed by atoms with Crippen molar-refractivity contribution in [1.82, 2.24) is 0 Å². The van der Waals surface area contributed by atoms with Crippen LogP contribution in [-0.4, -0.2) is 3.71 Å². The van der Waals surface area contributed by atoms with E-state index in [1.165, 1.54) is 91.0 Å². The van der Waals surface area contributed by atoms with E-state index < -0.39 is 0 Å². The molecule has 0 radical (unpaired) electrons. The summed E-state index contributed by atoms with van der Waals surface area (Å²) in [6.45, 7) is 30.0. The third-order valence-electron chi connectivity index (χ3n) is 10.1. The molecule has 0 aliphatic heterocycles. The van der Waals surface area contributed by atoms with Gasteiger partial charge in [-0.05, 0) is 62.3 Å². The Morgan fingerprint density at radius 1 is 0.688 bits per heavy atom. The summed E-state index contributed by atoms with van der Waals surface area (Å²) < 4.78 is 2.17. The summed E-state index contributed by atoms with van der Waals surface area (Å²) >= 11 is 1.46. The molecule has 48 heavy (non-hydrogen) atoms. The van der Waals surface area contributed by atoms with Crippen molar-refractivity contribution >= 4 is 14.9 Å². The quantitative estimate of drug-likeness (QED) is 0.152. The predicted molar refractivity (Wildman–Crippen MR) is 207 cm³/mol. The van der Waals surface area contributed by atoms with Crippen molar-refractivity contribution < 1.29 is 24.2 Å². The van der Waals surface area contributed by atoms with Gasteiger partial charge in [0.15, 0.2) is 0 Å². The van der Waals surface area contributed by atoms with Crippen LogP contribution in [0.4, 0.5) is 0 Å². The number of hydrogen-bond donors (Lipinski definition) is 0. The Bertz CT molecular complexity index is 1770. The molecule has 0 fully saturated rings. The van der Waals surface area contributed by atoms with Gasteiger partial charge in [-0.3, -0.25) is 6.08 Å². The van der Waals surface area contributed by atoms with Crippen LogP contribution < -0.4 is 0 Å². The number of allylic oxidation sites excluding steroid dienone is 4. The Labute approximate surface area is 307 Å². The molecule has 1 heteroatoms. The van der Waals surface area contributed by atoms with E-state index in [0.717, 1.165) is 6.42 Å². The SMILES string of the molecule is CC(C)(C)C1=[C-]C(C)(C)c2cc3c(cc21)-c1cc2c(cc1C3)C(C)(C)C=C2C(C)(C)C.CC(C)(C)c1cc[cH-]c1.[Zr+2]=[CH]c1ccccc1. The summed E-state index contributed by atoms with van der Waals surface area (Å²) in [5, 5.41) is 0. The van der Waals surface area contributed by atoms with E-state index in [2.05, 4.69) is 179 Å². The van der Waals surface area contributed by atoms with Gasteiger partial charge in [0.05, 0.1) is 0 Å². The molecule has 4 aromatic rings. The Morgan fingerprint density at radius 3 is 1.73 bits per heavy atom. The van der Waals surface area contributed by atoms with Gasteiger partial charge in [-0.2, -0.15) is 29.3 Å². The molecule has 0 saturated carbocycles. The first-order valence-corrected chi connectivity index (χ1v) is 19.1. The van der Waals surface area contributed by atoms with E-state index in [1.54, 1.807) is 0 Å². The first-order valence-electron chi connectivity index (χ1n) is 17.7. The van der Waals surface area contributed by atoms with Gasteiger partial charge in [-0.1, -0.05) is 119 Å². The van der Waals surface area contributed by atoms with E-state index >= 15 is 0 Å². The second-order valence-corrected chi connectivity index (χ2v) is 18.9. The second-order valence-electron chi connectivity index (χ2n) is 18.2. The molecular weight excluding hydrogens is 656 g/mol. The van der Waals surface area contributed by atoms with Crippen molar-refractivity contribution in [3.8, 4) is 11.1 Å². The summed E-state index contributed by atoms with van der Waals surface area (Å²) in [4.78, 5) is 0. The van der Waals surface area contributed by atoms with E-state index in [-0.39, 0.29) is 21.7 Å². The summed E-state index contributed by atoms with van der Waals surface area (Å²) in [5.74, 6) is 0. The molecule has 0 aromatic heterocycles. The summed E-state index contributed by atoms with van der Waals surface area (Å²) in [6, 6.07) is 28.9. The summed E-state index contributed by atoms with van der Waals surface area (Å²) in [5.41, 5.74) is 18.0. The predicted octanol–water partition coefficient (Wildman–Crippen LogP) is 12.6. The van der Waals surface area contributed by atoms with Gasteiger partial charge >= 0.3 is 63.8 Å². The molecule has 0 nitrogen and oxygen atoms in total. The minimum atomic E-state index is -0.0202. The molecule has 248 valence electrons. The molecule has 0 saturated heterocycles. The molecule has 0 atom stereocenters. The Hall–Kier alpha value is -2.76. The molecule has 0 heterocycles. The van der Waals surface area contributed by atoms with Crippen LogP contribution in [0.15, 0.2) is 84.9 Å². The number of hydrogen-bond acceptors (Lipinski definition) is 0. The molecule has 0 unspecified atom stereocenters. The van der Waals surface area contributed by atoms with Crippen molar-refractivity contribution in [2.45, 2.75) is 113 Å². The standard InChI is InChI=1S/C31H37.C9H13.C7H6.Zr/c1-28(2,3)26-16-30(7,8)24-12-18-11-19-13-25-23(15-21(19)20(18)14-22(24)26)27(29(4,5)6)17-31(25,9)10;1-9(2,3)8-6-4-5-7-8;1-7-5-3-2-4-6-7;/h12-16H,11H2,1-10H3;4-7H,1-3H3;1-6H;/q2*-1;;+2. The van der Waals surface area contributed by atoms with Crippen LogP contribution >= 0.6 is 0 Å². The average Bonchev–Trinajstić information content (AvgIpc) is 3.76. The zero-order valence-electron chi connectivity index (χ0n) is 31.9. The van der Waals surface area contributed by atoms with Crippen LogP contribution in [0.2, 0.25) is 0 Å². The van der Waals surface area contributed by atoms with Gasteiger partial charge < -0.3 is 0 Å². The fourth-order valence-electron chi connectivity index (χ4n) is 7.37. The molecule has 3 aliphatic carbocycles. The van der Waals surface area contributed by atoms with Crippen molar-refractivity contribution in [1.29, 1.82) is 0 Å². The molecular formula is C47H56Zr.